The normalized spacial score (nSPS) is 20.2. The van der Waals surface area contributed by atoms with Gasteiger partial charge in [-0.25, -0.2) is 0 Å². The summed E-state index contributed by atoms with van der Waals surface area (Å²) in [5.74, 6) is -1.34. The first-order valence-electron chi connectivity index (χ1n) is 10.0. The summed E-state index contributed by atoms with van der Waals surface area (Å²) in [7, 11) is 0. The average molecular weight is 404 g/mol. The Kier molecular flexibility index (Phi) is 7.35. The highest BCUT2D eigenvalue weighted by Crippen LogP contribution is 2.28. The number of ether oxygens (including phenoxy) is 3. The number of hydrogen-bond donors (Lipinski definition) is 0. The van der Waals surface area contributed by atoms with Crippen molar-refractivity contribution in [2.45, 2.75) is 19.9 Å². The van der Waals surface area contributed by atoms with Gasteiger partial charge in [0.25, 0.3) is 11.8 Å². The Labute approximate surface area is 170 Å². The van der Waals surface area contributed by atoms with E-state index in [1.807, 2.05) is 13.8 Å². The van der Waals surface area contributed by atoms with Gasteiger partial charge in [-0.2, -0.15) is 0 Å². The summed E-state index contributed by atoms with van der Waals surface area (Å²) in [5, 5.41) is 0. The standard InChI is InChI=1S/C21H28N2O6/c1-15(2)18(23-19(24)16-5-3-4-6-17(16)20(23)25)21(26)22-7-9-27-11-13-29-14-12-28-10-8-22/h3-6,15,18H,7-14H2,1-2H3/t18-/m1/s1. The van der Waals surface area contributed by atoms with Gasteiger partial charge in [-0.15, -0.1) is 0 Å². The average Bonchev–Trinajstić information content (AvgIpc) is 2.94. The van der Waals surface area contributed by atoms with Crippen LogP contribution in [0.4, 0.5) is 0 Å². The lowest BCUT2D eigenvalue weighted by molar-refractivity contribution is -0.139. The van der Waals surface area contributed by atoms with E-state index in [4.69, 9.17) is 14.2 Å². The second-order valence-electron chi connectivity index (χ2n) is 7.38. The van der Waals surface area contributed by atoms with Crippen molar-refractivity contribution in [2.24, 2.45) is 5.92 Å². The molecule has 0 unspecified atom stereocenters. The zero-order valence-corrected chi connectivity index (χ0v) is 17.0. The Balaban J connectivity index is 1.79. The first kappa shape index (κ1) is 21.4. The quantitative estimate of drug-likeness (QED) is 0.704. The summed E-state index contributed by atoms with van der Waals surface area (Å²) in [6.07, 6.45) is 0. The van der Waals surface area contributed by atoms with E-state index in [9.17, 15) is 14.4 Å². The molecule has 1 saturated heterocycles. The van der Waals surface area contributed by atoms with E-state index in [1.165, 1.54) is 0 Å². The van der Waals surface area contributed by atoms with Gasteiger partial charge in [-0.1, -0.05) is 26.0 Å². The maximum atomic E-state index is 13.4. The third-order valence-corrected chi connectivity index (χ3v) is 5.05. The molecule has 3 amide bonds. The molecule has 158 valence electrons. The number of nitrogens with zero attached hydrogens (tertiary/aromatic N) is 2. The third kappa shape index (κ3) is 4.83. The Morgan fingerprint density at radius 2 is 1.28 bits per heavy atom. The Morgan fingerprint density at radius 1 is 0.828 bits per heavy atom. The zero-order chi connectivity index (χ0) is 20.8. The van der Waals surface area contributed by atoms with E-state index < -0.39 is 17.9 Å². The van der Waals surface area contributed by atoms with Gasteiger partial charge in [0.15, 0.2) is 0 Å². The predicted octanol–water partition coefficient (Wildman–Crippen LogP) is 1.20. The number of rotatable bonds is 3. The van der Waals surface area contributed by atoms with Gasteiger partial charge in [0.2, 0.25) is 5.91 Å². The molecule has 0 saturated carbocycles. The number of hydrogen-bond acceptors (Lipinski definition) is 6. The topological polar surface area (TPSA) is 85.4 Å². The smallest absolute Gasteiger partial charge is 0.262 e. The van der Waals surface area contributed by atoms with Crippen molar-refractivity contribution in [2.75, 3.05) is 52.7 Å². The number of carbonyl (C=O) groups is 3. The fourth-order valence-corrected chi connectivity index (χ4v) is 3.56. The van der Waals surface area contributed by atoms with Crippen LogP contribution in [0.1, 0.15) is 34.6 Å². The van der Waals surface area contributed by atoms with E-state index in [-0.39, 0.29) is 11.8 Å². The molecule has 2 aliphatic heterocycles. The van der Waals surface area contributed by atoms with Crippen molar-refractivity contribution in [1.82, 2.24) is 9.80 Å². The minimum absolute atomic E-state index is 0.235. The van der Waals surface area contributed by atoms with Crippen LogP contribution >= 0.6 is 0 Å². The summed E-state index contributed by atoms with van der Waals surface area (Å²) < 4.78 is 16.4. The molecule has 0 bridgehead atoms. The highest BCUT2D eigenvalue weighted by atomic mass is 16.5. The first-order valence-corrected chi connectivity index (χ1v) is 10.0. The van der Waals surface area contributed by atoms with E-state index >= 15 is 0 Å². The second kappa shape index (κ2) is 9.96. The third-order valence-electron chi connectivity index (χ3n) is 5.05. The van der Waals surface area contributed by atoms with Gasteiger partial charge in [-0.05, 0) is 18.1 Å². The van der Waals surface area contributed by atoms with Crippen LogP contribution in [0.3, 0.4) is 0 Å². The molecule has 2 aliphatic rings. The minimum atomic E-state index is -0.876. The molecule has 8 nitrogen and oxygen atoms in total. The molecule has 8 heteroatoms. The highest BCUT2D eigenvalue weighted by molar-refractivity contribution is 6.22. The molecule has 2 heterocycles. The Bertz CT molecular complexity index is 703. The molecule has 0 aromatic heterocycles. The zero-order valence-electron chi connectivity index (χ0n) is 17.0. The van der Waals surface area contributed by atoms with Crippen LogP contribution in [0.15, 0.2) is 24.3 Å². The molecular weight excluding hydrogens is 376 g/mol. The fraction of sp³-hybridized carbons (Fsp3) is 0.571. The van der Waals surface area contributed by atoms with Gasteiger partial charge in [0.1, 0.15) is 6.04 Å². The van der Waals surface area contributed by atoms with E-state index in [2.05, 4.69) is 0 Å². The number of fused-ring (bicyclic) bond motifs is 1. The summed E-state index contributed by atoms with van der Waals surface area (Å²) in [5.41, 5.74) is 0.688. The molecule has 1 aromatic carbocycles. The van der Waals surface area contributed by atoms with E-state index in [0.29, 0.717) is 63.9 Å². The largest absolute Gasteiger partial charge is 0.377 e. The molecule has 1 atom stereocenters. The lowest BCUT2D eigenvalue weighted by Crippen LogP contribution is -2.54. The summed E-state index contributed by atoms with van der Waals surface area (Å²) in [6, 6.07) is 5.80. The maximum Gasteiger partial charge on any atom is 0.262 e. The second-order valence-corrected chi connectivity index (χ2v) is 7.38. The van der Waals surface area contributed by atoms with Gasteiger partial charge in [0.05, 0.1) is 50.8 Å². The maximum absolute atomic E-state index is 13.4. The molecular formula is C21H28N2O6. The van der Waals surface area contributed by atoms with Crippen molar-refractivity contribution in [3.05, 3.63) is 35.4 Å². The van der Waals surface area contributed by atoms with Crippen molar-refractivity contribution < 1.29 is 28.6 Å². The predicted molar refractivity (Wildman–Crippen MR) is 105 cm³/mol. The SMILES string of the molecule is CC(C)[C@H](C(=O)N1CCOCCOCCOCC1)N1C(=O)c2ccccc2C1=O. The molecule has 3 rings (SSSR count). The number of benzene rings is 1. The lowest BCUT2D eigenvalue weighted by Gasteiger charge is -2.33. The first-order chi connectivity index (χ1) is 14.0. The molecule has 0 aliphatic carbocycles. The number of imide groups is 1. The molecule has 29 heavy (non-hydrogen) atoms. The van der Waals surface area contributed by atoms with Gasteiger partial charge < -0.3 is 19.1 Å². The molecule has 0 radical (unpaired) electrons. The van der Waals surface area contributed by atoms with E-state index in [0.717, 1.165) is 4.90 Å². The molecule has 0 spiro atoms. The van der Waals surface area contributed by atoms with Crippen LogP contribution in [0.25, 0.3) is 0 Å². The van der Waals surface area contributed by atoms with Gasteiger partial charge in [-0.3, -0.25) is 19.3 Å². The molecule has 0 N–H and O–H groups in total. The van der Waals surface area contributed by atoms with Gasteiger partial charge in [0, 0.05) is 13.1 Å². The van der Waals surface area contributed by atoms with Gasteiger partial charge >= 0.3 is 0 Å². The number of carbonyl (C=O) groups excluding carboxylic acids is 3. The van der Waals surface area contributed by atoms with Crippen molar-refractivity contribution >= 4 is 17.7 Å². The van der Waals surface area contributed by atoms with Crippen LogP contribution in [-0.2, 0) is 19.0 Å². The van der Waals surface area contributed by atoms with Crippen molar-refractivity contribution in [1.29, 1.82) is 0 Å². The highest BCUT2D eigenvalue weighted by Gasteiger charge is 2.45. The van der Waals surface area contributed by atoms with Crippen molar-refractivity contribution in [3.63, 3.8) is 0 Å². The van der Waals surface area contributed by atoms with E-state index in [1.54, 1.807) is 29.2 Å². The monoisotopic (exact) mass is 404 g/mol. The number of amides is 3. The van der Waals surface area contributed by atoms with Crippen LogP contribution in [-0.4, -0.2) is 86.3 Å². The lowest BCUT2D eigenvalue weighted by atomic mass is 10.0. The fourth-order valence-electron chi connectivity index (χ4n) is 3.56. The van der Waals surface area contributed by atoms with Crippen molar-refractivity contribution in [3.8, 4) is 0 Å². The Morgan fingerprint density at radius 3 is 1.72 bits per heavy atom. The molecule has 1 aromatic rings. The van der Waals surface area contributed by atoms with Crippen LogP contribution < -0.4 is 0 Å². The summed E-state index contributed by atoms with van der Waals surface area (Å²) >= 11 is 0. The Hall–Kier alpha value is -2.29. The van der Waals surface area contributed by atoms with Crippen LogP contribution in [0, 0.1) is 5.92 Å². The summed E-state index contributed by atoms with van der Waals surface area (Å²) in [4.78, 5) is 42.0. The summed E-state index contributed by atoms with van der Waals surface area (Å²) in [6.45, 7) is 6.91. The molecule has 1 fully saturated rings. The van der Waals surface area contributed by atoms with Crippen LogP contribution in [0.2, 0.25) is 0 Å². The van der Waals surface area contributed by atoms with Crippen LogP contribution in [0.5, 0.6) is 0 Å². The minimum Gasteiger partial charge on any atom is -0.377 e.